The van der Waals surface area contributed by atoms with Crippen LogP contribution in [0.4, 0.5) is 0 Å². The van der Waals surface area contributed by atoms with Gasteiger partial charge in [-0.05, 0) is 0 Å². The first-order valence-corrected chi connectivity index (χ1v) is 8.44. The molecule has 20 heavy (non-hydrogen) atoms. The Hall–Kier alpha value is -0.871. The molecule has 6 heteroatoms. The van der Waals surface area contributed by atoms with E-state index in [1.807, 2.05) is 30.3 Å². The van der Waals surface area contributed by atoms with E-state index in [0.29, 0.717) is 0 Å². The molecule has 0 N–H and O–H groups in total. The Balaban J connectivity index is 1.94. The number of hydrogen-bond donors (Lipinski definition) is 0. The Morgan fingerprint density at radius 2 is 2.15 bits per heavy atom. The predicted octanol–water partition coefficient (Wildman–Crippen LogP) is 0.623. The topological polar surface area (TPSA) is 52.6 Å². The second-order valence-corrected chi connectivity index (χ2v) is 8.07. The van der Waals surface area contributed by atoms with Crippen LogP contribution in [-0.4, -0.2) is 48.8 Å². The quantitative estimate of drug-likeness (QED) is 0.451. The number of hydrogen-bond acceptors (Lipinski definition) is 4. The van der Waals surface area contributed by atoms with Gasteiger partial charge in [0.05, 0.1) is 0 Å². The zero-order valence-electron chi connectivity index (χ0n) is 10.7. The molecule has 2 bridgehead atoms. The van der Waals surface area contributed by atoms with Gasteiger partial charge in [-0.15, -0.1) is 0 Å². The summed E-state index contributed by atoms with van der Waals surface area (Å²) in [7, 11) is 0. The number of carbonyl (C=O) groups excluding carboxylic acids is 2. The third-order valence-corrected chi connectivity index (χ3v) is 7.28. The van der Waals surface area contributed by atoms with E-state index in [4.69, 9.17) is 21.1 Å². The van der Waals surface area contributed by atoms with Gasteiger partial charge >= 0.3 is 128 Å². The Morgan fingerprint density at radius 3 is 2.70 bits per heavy atom. The van der Waals surface area contributed by atoms with E-state index in [1.54, 1.807) is 0 Å². The van der Waals surface area contributed by atoms with Crippen molar-refractivity contribution in [1.82, 2.24) is 0 Å². The summed E-state index contributed by atoms with van der Waals surface area (Å²) in [5.74, 6) is -0.390. The number of benzene rings is 1. The van der Waals surface area contributed by atoms with Crippen molar-refractivity contribution in [3.63, 3.8) is 0 Å². The number of ketones is 1. The van der Waals surface area contributed by atoms with Gasteiger partial charge < -0.3 is 0 Å². The van der Waals surface area contributed by atoms with Crippen molar-refractivity contribution in [2.75, 3.05) is 0 Å². The molecule has 0 spiro atoms. The summed E-state index contributed by atoms with van der Waals surface area (Å²) in [6.45, 7) is 1.36. The van der Waals surface area contributed by atoms with Crippen LogP contribution in [-0.2, 0) is 19.1 Å². The maximum absolute atomic E-state index is 11.7. The van der Waals surface area contributed by atoms with Gasteiger partial charge in [-0.3, -0.25) is 0 Å². The van der Waals surface area contributed by atoms with Crippen LogP contribution in [0.5, 0.6) is 0 Å². The Kier molecular flexibility index (Phi) is 3.63. The number of ether oxygens (including phenoxy) is 2. The minimum atomic E-state index is -0.889. The summed E-state index contributed by atoms with van der Waals surface area (Å²) in [4.78, 5) is 23.2. The van der Waals surface area contributed by atoms with E-state index >= 15 is 0 Å². The normalized spacial score (nSPS) is 35.3. The molecule has 4 nitrogen and oxygen atoms in total. The third-order valence-electron chi connectivity index (χ3n) is 3.44. The fraction of sp³-hybridized carbons (Fsp3) is 0.429. The van der Waals surface area contributed by atoms with Crippen molar-refractivity contribution >= 4 is 42.8 Å². The molecule has 0 aromatic heterocycles. The second-order valence-electron chi connectivity index (χ2n) is 4.85. The second kappa shape index (κ2) is 5.15. The Labute approximate surface area is 127 Å². The Morgan fingerprint density at radius 1 is 1.45 bits per heavy atom. The van der Waals surface area contributed by atoms with Crippen LogP contribution in [0.15, 0.2) is 30.3 Å². The molecule has 3 rings (SSSR count). The number of Topliss-reactive ketones (excluding diaryl/α,β-unsaturated/α-hetero) is 1. The number of rotatable bonds is 3. The van der Waals surface area contributed by atoms with Crippen molar-refractivity contribution in [2.24, 2.45) is 0 Å². The van der Waals surface area contributed by atoms with Gasteiger partial charge in [0.1, 0.15) is 0 Å². The molecule has 0 radical (unpaired) electrons. The van der Waals surface area contributed by atoms with E-state index in [0.717, 1.165) is 4.46 Å². The molecule has 0 amide bonds. The summed E-state index contributed by atoms with van der Waals surface area (Å²) in [6, 6.07) is 9.74. The van der Waals surface area contributed by atoms with Crippen LogP contribution in [0.1, 0.15) is 13.3 Å². The first-order valence-electron chi connectivity index (χ1n) is 6.29. The van der Waals surface area contributed by atoms with Gasteiger partial charge in [0.2, 0.25) is 0 Å². The molecule has 2 heterocycles. The van der Waals surface area contributed by atoms with Crippen LogP contribution in [0.2, 0.25) is 0 Å². The molecule has 0 saturated carbocycles. The molecular formula is C14H13ClO4Se. The van der Waals surface area contributed by atoms with Gasteiger partial charge in [-0.25, -0.2) is 0 Å². The van der Waals surface area contributed by atoms with Crippen LogP contribution in [0, 0.1) is 0 Å². The summed E-state index contributed by atoms with van der Waals surface area (Å²) in [5, 5.41) is -0.613. The number of fused-ring (bicyclic) bond motifs is 2. The monoisotopic (exact) mass is 360 g/mol. The van der Waals surface area contributed by atoms with E-state index in [-0.39, 0.29) is 27.2 Å². The first kappa shape index (κ1) is 14.1. The van der Waals surface area contributed by atoms with E-state index in [2.05, 4.69) is 0 Å². The average molecular weight is 360 g/mol. The van der Waals surface area contributed by atoms with Crippen molar-refractivity contribution in [2.45, 2.75) is 35.4 Å². The number of halogens is 1. The van der Waals surface area contributed by atoms with Crippen LogP contribution >= 0.6 is 11.6 Å². The van der Waals surface area contributed by atoms with E-state index < -0.39 is 28.1 Å². The standard InChI is InChI=1S/C14H13ClO4Se/c1-8(16)19-14(20-9-5-3-2-4-6-9)11-7-10(17)12(18-11)13(14)15/h2-6,11-13H,7H2,1H3/t11-,12+,13-,14+/m1/s1. The van der Waals surface area contributed by atoms with Crippen LogP contribution < -0.4 is 4.46 Å². The van der Waals surface area contributed by atoms with Crippen molar-refractivity contribution in [3.8, 4) is 0 Å². The van der Waals surface area contributed by atoms with Gasteiger partial charge in [-0.2, -0.15) is 0 Å². The molecule has 2 aliphatic rings. The SMILES string of the molecule is CC(=O)O[C@@]1([Se]c2ccccc2)[C@H](Cl)[C@H]2O[C@@H]1CC2=O. The van der Waals surface area contributed by atoms with Gasteiger partial charge in [0, 0.05) is 0 Å². The zero-order chi connectivity index (χ0) is 14.3. The molecule has 106 valence electrons. The summed E-state index contributed by atoms with van der Waals surface area (Å²) in [6.07, 6.45) is -0.798. The Bertz CT molecular complexity index is 545. The van der Waals surface area contributed by atoms with Crippen LogP contribution in [0.25, 0.3) is 0 Å². The summed E-state index contributed by atoms with van der Waals surface area (Å²) in [5.41, 5.74) is 0. The predicted molar refractivity (Wildman–Crippen MR) is 74.3 cm³/mol. The summed E-state index contributed by atoms with van der Waals surface area (Å²) >= 11 is 6.20. The zero-order valence-corrected chi connectivity index (χ0v) is 13.2. The molecule has 1 aromatic carbocycles. The van der Waals surface area contributed by atoms with Crippen molar-refractivity contribution in [3.05, 3.63) is 30.3 Å². The van der Waals surface area contributed by atoms with Crippen molar-refractivity contribution in [1.29, 1.82) is 0 Å². The average Bonchev–Trinajstić information content (AvgIpc) is 2.89. The molecule has 2 fully saturated rings. The minimum absolute atomic E-state index is 0.00152. The molecule has 4 atom stereocenters. The molecule has 1 aromatic rings. The third kappa shape index (κ3) is 2.19. The fourth-order valence-corrected chi connectivity index (χ4v) is 6.02. The molecular weight excluding hydrogens is 347 g/mol. The van der Waals surface area contributed by atoms with Gasteiger partial charge in [0.25, 0.3) is 0 Å². The molecule has 0 aliphatic carbocycles. The van der Waals surface area contributed by atoms with E-state index in [9.17, 15) is 9.59 Å². The molecule has 0 unspecified atom stereocenters. The molecule has 2 aliphatic heterocycles. The van der Waals surface area contributed by atoms with E-state index in [1.165, 1.54) is 6.92 Å². The van der Waals surface area contributed by atoms with Crippen molar-refractivity contribution < 1.29 is 19.1 Å². The number of carbonyl (C=O) groups is 2. The van der Waals surface area contributed by atoms with Gasteiger partial charge in [-0.1, -0.05) is 0 Å². The number of esters is 1. The number of alkyl halides is 1. The van der Waals surface area contributed by atoms with Gasteiger partial charge in [0.15, 0.2) is 0 Å². The first-order chi connectivity index (χ1) is 9.53. The molecule has 2 saturated heterocycles. The summed E-state index contributed by atoms with van der Waals surface area (Å²) < 4.78 is 11.4. The fourth-order valence-electron chi connectivity index (χ4n) is 2.62. The maximum atomic E-state index is 11.7. The van der Waals surface area contributed by atoms with Crippen LogP contribution in [0.3, 0.4) is 0 Å².